The van der Waals surface area contributed by atoms with Gasteiger partial charge in [0.25, 0.3) is 0 Å². The summed E-state index contributed by atoms with van der Waals surface area (Å²) in [5, 5.41) is 3.27. The van der Waals surface area contributed by atoms with E-state index in [-0.39, 0.29) is 12.6 Å². The molecule has 0 aromatic carbocycles. The quantitative estimate of drug-likeness (QED) is 0.682. The summed E-state index contributed by atoms with van der Waals surface area (Å²) in [6.45, 7) is 5.94. The van der Waals surface area contributed by atoms with Gasteiger partial charge in [0.15, 0.2) is 0 Å². The van der Waals surface area contributed by atoms with Crippen molar-refractivity contribution in [1.29, 1.82) is 0 Å². The van der Waals surface area contributed by atoms with Gasteiger partial charge in [0.05, 0.1) is 6.61 Å². The number of rotatable bonds is 9. The van der Waals surface area contributed by atoms with E-state index in [0.29, 0.717) is 5.92 Å². The predicted octanol–water partition coefficient (Wildman–Crippen LogP) is 3.37. The normalized spacial score (nSPS) is 14.3. The number of hydrogen-bond acceptors (Lipinski definition) is 2. The molecule has 0 aliphatic rings. The number of halogens is 3. The van der Waals surface area contributed by atoms with Gasteiger partial charge in [0.1, 0.15) is 6.61 Å². The van der Waals surface area contributed by atoms with Crippen LogP contribution in [0.3, 0.4) is 0 Å². The third kappa shape index (κ3) is 8.44. The van der Waals surface area contributed by atoms with Crippen LogP contribution in [0.2, 0.25) is 0 Å². The molecule has 0 bridgehead atoms. The predicted molar refractivity (Wildman–Crippen MR) is 63.0 cm³/mol. The molecule has 0 saturated carbocycles. The molecule has 0 radical (unpaired) electrons. The Balaban J connectivity index is 4.09. The molecular formula is C12H24F3NO. The van der Waals surface area contributed by atoms with E-state index in [2.05, 4.69) is 19.2 Å². The Kier molecular flexibility index (Phi) is 8.60. The average molecular weight is 255 g/mol. The molecule has 1 unspecified atom stereocenters. The first-order chi connectivity index (χ1) is 7.94. The van der Waals surface area contributed by atoms with Crippen LogP contribution in [0.15, 0.2) is 0 Å². The fourth-order valence-electron chi connectivity index (χ4n) is 1.85. The molecule has 0 aromatic rings. The van der Waals surface area contributed by atoms with Crippen molar-refractivity contribution >= 4 is 0 Å². The van der Waals surface area contributed by atoms with Crippen molar-refractivity contribution in [2.45, 2.75) is 52.3 Å². The first kappa shape index (κ1) is 16.7. The molecule has 0 amide bonds. The highest BCUT2D eigenvalue weighted by atomic mass is 19.4. The van der Waals surface area contributed by atoms with Crippen LogP contribution < -0.4 is 5.32 Å². The van der Waals surface area contributed by atoms with Gasteiger partial charge in [0.2, 0.25) is 0 Å². The van der Waals surface area contributed by atoms with E-state index in [4.69, 9.17) is 4.74 Å². The van der Waals surface area contributed by atoms with Crippen molar-refractivity contribution in [2.24, 2.45) is 5.92 Å². The van der Waals surface area contributed by atoms with Gasteiger partial charge in [0, 0.05) is 6.04 Å². The number of nitrogens with one attached hydrogen (secondary N) is 1. The second kappa shape index (κ2) is 8.75. The Morgan fingerprint density at radius 3 is 2.12 bits per heavy atom. The zero-order chi connectivity index (χ0) is 13.3. The van der Waals surface area contributed by atoms with E-state index >= 15 is 0 Å². The standard InChI is InChI=1S/C12H24F3NO/c1-4-7-16-11(10(5-2)6-3)8-17-9-12(13,14)15/h10-11,16H,4-9H2,1-3H3. The maximum atomic E-state index is 12.0. The lowest BCUT2D eigenvalue weighted by Crippen LogP contribution is -2.41. The average Bonchev–Trinajstić information content (AvgIpc) is 2.25. The molecule has 0 aromatic heterocycles. The van der Waals surface area contributed by atoms with Crippen molar-refractivity contribution in [3.05, 3.63) is 0 Å². The van der Waals surface area contributed by atoms with Gasteiger partial charge in [-0.15, -0.1) is 0 Å². The van der Waals surface area contributed by atoms with Crippen LogP contribution in [0.1, 0.15) is 40.0 Å². The van der Waals surface area contributed by atoms with E-state index < -0.39 is 12.8 Å². The van der Waals surface area contributed by atoms with Gasteiger partial charge in [-0.05, 0) is 18.9 Å². The van der Waals surface area contributed by atoms with E-state index in [1.54, 1.807) is 0 Å². The molecule has 104 valence electrons. The van der Waals surface area contributed by atoms with Gasteiger partial charge in [-0.25, -0.2) is 0 Å². The van der Waals surface area contributed by atoms with Gasteiger partial charge >= 0.3 is 6.18 Å². The second-order valence-corrected chi connectivity index (χ2v) is 4.27. The zero-order valence-electron chi connectivity index (χ0n) is 10.9. The maximum absolute atomic E-state index is 12.0. The van der Waals surface area contributed by atoms with E-state index in [1.807, 2.05) is 6.92 Å². The third-order valence-corrected chi connectivity index (χ3v) is 2.84. The molecule has 5 heteroatoms. The monoisotopic (exact) mass is 255 g/mol. The highest BCUT2D eigenvalue weighted by Gasteiger charge is 2.28. The van der Waals surface area contributed by atoms with Crippen LogP contribution in [0.25, 0.3) is 0 Å². The molecule has 0 saturated heterocycles. The SMILES string of the molecule is CCCNC(COCC(F)(F)F)C(CC)CC. The lowest BCUT2D eigenvalue weighted by molar-refractivity contribution is -0.176. The minimum absolute atomic E-state index is 0.0206. The third-order valence-electron chi connectivity index (χ3n) is 2.84. The van der Waals surface area contributed by atoms with Crippen LogP contribution >= 0.6 is 0 Å². The van der Waals surface area contributed by atoms with E-state index in [1.165, 1.54) is 0 Å². The topological polar surface area (TPSA) is 21.3 Å². The lowest BCUT2D eigenvalue weighted by Gasteiger charge is -2.26. The van der Waals surface area contributed by atoms with Crippen molar-refractivity contribution in [2.75, 3.05) is 19.8 Å². The van der Waals surface area contributed by atoms with Gasteiger partial charge in [-0.3, -0.25) is 0 Å². The minimum Gasteiger partial charge on any atom is -0.370 e. The highest BCUT2D eigenvalue weighted by molar-refractivity contribution is 4.74. The fraction of sp³-hybridized carbons (Fsp3) is 1.00. The molecule has 0 spiro atoms. The zero-order valence-corrected chi connectivity index (χ0v) is 10.9. The molecule has 0 rings (SSSR count). The van der Waals surface area contributed by atoms with Crippen LogP contribution in [-0.4, -0.2) is 32.0 Å². The van der Waals surface area contributed by atoms with Crippen molar-refractivity contribution in [3.8, 4) is 0 Å². The summed E-state index contributed by atoms with van der Waals surface area (Å²) in [6, 6.07) is 0.0206. The number of alkyl halides is 3. The molecule has 0 heterocycles. The summed E-state index contributed by atoms with van der Waals surface area (Å²) in [6.07, 6.45) is -1.36. The first-order valence-electron chi connectivity index (χ1n) is 6.32. The summed E-state index contributed by atoms with van der Waals surface area (Å²) in [7, 11) is 0. The van der Waals surface area contributed by atoms with Crippen LogP contribution in [0, 0.1) is 5.92 Å². The van der Waals surface area contributed by atoms with Crippen LogP contribution in [0.4, 0.5) is 13.2 Å². The van der Waals surface area contributed by atoms with Crippen molar-refractivity contribution < 1.29 is 17.9 Å². The van der Waals surface area contributed by atoms with Crippen LogP contribution in [0.5, 0.6) is 0 Å². The van der Waals surface area contributed by atoms with Crippen molar-refractivity contribution in [1.82, 2.24) is 5.32 Å². The van der Waals surface area contributed by atoms with Crippen LogP contribution in [-0.2, 0) is 4.74 Å². The van der Waals surface area contributed by atoms with Gasteiger partial charge in [-0.2, -0.15) is 13.2 Å². The smallest absolute Gasteiger partial charge is 0.370 e. The van der Waals surface area contributed by atoms with Crippen molar-refractivity contribution in [3.63, 3.8) is 0 Å². The number of ether oxygens (including phenoxy) is 1. The molecule has 0 fully saturated rings. The molecule has 0 aliphatic carbocycles. The van der Waals surface area contributed by atoms with Gasteiger partial charge in [-0.1, -0.05) is 33.6 Å². The molecular weight excluding hydrogens is 231 g/mol. The summed E-state index contributed by atoms with van der Waals surface area (Å²) >= 11 is 0. The summed E-state index contributed by atoms with van der Waals surface area (Å²) in [5.74, 6) is 0.370. The minimum atomic E-state index is -4.23. The lowest BCUT2D eigenvalue weighted by atomic mass is 9.94. The second-order valence-electron chi connectivity index (χ2n) is 4.27. The maximum Gasteiger partial charge on any atom is 0.411 e. The fourth-order valence-corrected chi connectivity index (χ4v) is 1.85. The highest BCUT2D eigenvalue weighted by Crippen LogP contribution is 2.17. The largest absolute Gasteiger partial charge is 0.411 e. The summed E-state index contributed by atoms with van der Waals surface area (Å²) in [5.41, 5.74) is 0. The molecule has 2 nitrogen and oxygen atoms in total. The van der Waals surface area contributed by atoms with E-state index in [0.717, 1.165) is 25.8 Å². The Hall–Kier alpha value is -0.290. The summed E-state index contributed by atoms with van der Waals surface area (Å²) < 4.78 is 40.7. The molecule has 0 aliphatic heterocycles. The molecule has 1 atom stereocenters. The van der Waals surface area contributed by atoms with Gasteiger partial charge < -0.3 is 10.1 Å². The molecule has 1 N–H and O–H groups in total. The van der Waals surface area contributed by atoms with E-state index in [9.17, 15) is 13.2 Å². The first-order valence-corrected chi connectivity index (χ1v) is 6.32. The molecule has 17 heavy (non-hydrogen) atoms. The Morgan fingerprint density at radius 1 is 1.12 bits per heavy atom. The Bertz CT molecular complexity index is 181. The Labute approximate surface area is 102 Å². The Morgan fingerprint density at radius 2 is 1.71 bits per heavy atom. The number of hydrogen-bond donors (Lipinski definition) is 1. The summed E-state index contributed by atoms with van der Waals surface area (Å²) in [4.78, 5) is 0.